The molecular weight excluding hydrogens is 226 g/mol. The van der Waals surface area contributed by atoms with Crippen LogP contribution in [0, 0.1) is 11.3 Å². The first-order valence-electron chi connectivity index (χ1n) is 7.40. The van der Waals surface area contributed by atoms with Crippen LogP contribution in [0.4, 0.5) is 0 Å². The lowest BCUT2D eigenvalue weighted by Gasteiger charge is -2.41. The topological polar surface area (TPSA) is 38.3 Å². The maximum atomic E-state index is 12.1. The Labute approximate surface area is 111 Å². The lowest BCUT2D eigenvalue weighted by atomic mass is 9.69. The van der Waals surface area contributed by atoms with E-state index in [9.17, 15) is 4.79 Å². The Morgan fingerprint density at radius 1 is 1.11 bits per heavy atom. The number of carbonyl (C=O) groups is 1. The molecule has 3 heteroatoms. The molecule has 1 aliphatic heterocycles. The Hall–Kier alpha value is -0.570. The molecule has 1 saturated carbocycles. The molecule has 1 amide bonds. The minimum absolute atomic E-state index is 0.119. The molecule has 0 bridgehead atoms. The molecular formula is C15H27NO2. The van der Waals surface area contributed by atoms with Gasteiger partial charge in [-0.1, -0.05) is 33.6 Å². The molecule has 1 saturated heterocycles. The number of amides is 1. The Balaban J connectivity index is 1.94. The quantitative estimate of drug-likeness (QED) is 0.821. The van der Waals surface area contributed by atoms with Gasteiger partial charge in [0.05, 0.1) is 0 Å². The van der Waals surface area contributed by atoms with Gasteiger partial charge in [0.25, 0.3) is 0 Å². The van der Waals surface area contributed by atoms with Gasteiger partial charge in [-0.25, -0.2) is 0 Å². The van der Waals surface area contributed by atoms with Crippen LogP contribution in [0.3, 0.4) is 0 Å². The first-order chi connectivity index (χ1) is 8.48. The second-order valence-electron chi connectivity index (χ2n) is 6.87. The molecule has 1 N–H and O–H groups in total. The highest BCUT2D eigenvalue weighted by Crippen LogP contribution is 2.38. The Kier molecular flexibility index (Phi) is 4.31. The number of carbonyl (C=O) groups excluding carboxylic acids is 1. The van der Waals surface area contributed by atoms with Crippen molar-refractivity contribution < 1.29 is 9.53 Å². The van der Waals surface area contributed by atoms with Crippen molar-refractivity contribution in [2.45, 2.75) is 71.4 Å². The number of nitrogens with one attached hydrogen (secondary N) is 1. The highest BCUT2D eigenvalue weighted by molar-refractivity contribution is 5.81. The summed E-state index contributed by atoms with van der Waals surface area (Å²) in [5.41, 5.74) is 0.273. The van der Waals surface area contributed by atoms with Gasteiger partial charge < -0.3 is 10.1 Å². The van der Waals surface area contributed by atoms with Gasteiger partial charge in [0.2, 0.25) is 5.91 Å². The minimum atomic E-state index is -0.187. The fourth-order valence-corrected chi connectivity index (χ4v) is 3.40. The van der Waals surface area contributed by atoms with Crippen LogP contribution in [0.1, 0.15) is 59.3 Å². The molecule has 2 fully saturated rings. The SMILES string of the molecule is CC(C)(C)[C@@H]1CCCC[C@H]1NC(=O)[C@H]1CCCO1. The molecule has 1 heterocycles. The lowest BCUT2D eigenvalue weighted by Crippen LogP contribution is -2.49. The second-order valence-corrected chi connectivity index (χ2v) is 6.87. The van der Waals surface area contributed by atoms with Crippen LogP contribution < -0.4 is 5.32 Å². The van der Waals surface area contributed by atoms with Gasteiger partial charge in [-0.05, 0) is 37.0 Å². The van der Waals surface area contributed by atoms with Crippen molar-refractivity contribution in [1.82, 2.24) is 5.32 Å². The van der Waals surface area contributed by atoms with Gasteiger partial charge in [0.1, 0.15) is 6.10 Å². The van der Waals surface area contributed by atoms with Crippen molar-refractivity contribution in [1.29, 1.82) is 0 Å². The molecule has 0 aromatic rings. The largest absolute Gasteiger partial charge is 0.368 e. The Morgan fingerprint density at radius 3 is 2.44 bits per heavy atom. The standard InChI is InChI=1S/C15H27NO2/c1-15(2,3)11-7-4-5-8-12(11)16-14(17)13-9-6-10-18-13/h11-13H,4-10H2,1-3H3,(H,16,17)/t11-,12-,13-/m1/s1. The van der Waals surface area contributed by atoms with Gasteiger partial charge in [-0.15, -0.1) is 0 Å². The van der Waals surface area contributed by atoms with Crippen LogP contribution in [-0.2, 0) is 9.53 Å². The Morgan fingerprint density at radius 2 is 1.83 bits per heavy atom. The van der Waals surface area contributed by atoms with Crippen molar-refractivity contribution in [3.8, 4) is 0 Å². The van der Waals surface area contributed by atoms with Crippen LogP contribution in [-0.4, -0.2) is 24.7 Å². The van der Waals surface area contributed by atoms with Gasteiger partial charge in [0.15, 0.2) is 0 Å². The Bertz CT molecular complexity index is 289. The molecule has 3 nitrogen and oxygen atoms in total. The highest BCUT2D eigenvalue weighted by atomic mass is 16.5. The van der Waals surface area contributed by atoms with Crippen molar-refractivity contribution in [3.63, 3.8) is 0 Å². The zero-order chi connectivity index (χ0) is 13.2. The summed E-state index contributed by atoms with van der Waals surface area (Å²) >= 11 is 0. The van der Waals surface area contributed by atoms with E-state index in [1.165, 1.54) is 19.3 Å². The monoisotopic (exact) mass is 253 g/mol. The van der Waals surface area contributed by atoms with E-state index in [4.69, 9.17) is 4.74 Å². The van der Waals surface area contributed by atoms with E-state index < -0.39 is 0 Å². The van der Waals surface area contributed by atoms with E-state index in [0.29, 0.717) is 12.0 Å². The average molecular weight is 253 g/mol. The zero-order valence-electron chi connectivity index (χ0n) is 12.0. The number of rotatable bonds is 2. The summed E-state index contributed by atoms with van der Waals surface area (Å²) in [6.07, 6.45) is 6.62. The van der Waals surface area contributed by atoms with Gasteiger partial charge in [-0.2, -0.15) is 0 Å². The molecule has 0 unspecified atom stereocenters. The molecule has 0 radical (unpaired) electrons. The maximum Gasteiger partial charge on any atom is 0.249 e. The van der Waals surface area contributed by atoms with Crippen molar-refractivity contribution in [3.05, 3.63) is 0 Å². The van der Waals surface area contributed by atoms with Gasteiger partial charge >= 0.3 is 0 Å². The third kappa shape index (κ3) is 3.25. The summed E-state index contributed by atoms with van der Waals surface area (Å²) in [4.78, 5) is 12.1. The van der Waals surface area contributed by atoms with Crippen LogP contribution in [0.25, 0.3) is 0 Å². The molecule has 1 aliphatic carbocycles. The van der Waals surface area contributed by atoms with E-state index in [-0.39, 0.29) is 17.4 Å². The predicted octanol–water partition coefficient (Wildman–Crippen LogP) is 2.89. The van der Waals surface area contributed by atoms with E-state index in [0.717, 1.165) is 25.9 Å². The summed E-state index contributed by atoms with van der Waals surface area (Å²) in [5.74, 6) is 0.713. The van der Waals surface area contributed by atoms with E-state index in [1.54, 1.807) is 0 Å². The summed E-state index contributed by atoms with van der Waals surface area (Å²) in [6, 6.07) is 0.343. The van der Waals surface area contributed by atoms with Crippen LogP contribution >= 0.6 is 0 Å². The van der Waals surface area contributed by atoms with Gasteiger partial charge in [0, 0.05) is 12.6 Å². The summed E-state index contributed by atoms with van der Waals surface area (Å²) in [6.45, 7) is 7.60. The summed E-state index contributed by atoms with van der Waals surface area (Å²) in [7, 11) is 0. The van der Waals surface area contributed by atoms with Crippen molar-refractivity contribution in [2.24, 2.45) is 11.3 Å². The highest BCUT2D eigenvalue weighted by Gasteiger charge is 2.36. The second kappa shape index (κ2) is 5.60. The molecule has 2 rings (SSSR count). The molecule has 0 spiro atoms. The number of hydrogen-bond acceptors (Lipinski definition) is 2. The van der Waals surface area contributed by atoms with Crippen LogP contribution in [0.5, 0.6) is 0 Å². The van der Waals surface area contributed by atoms with E-state index in [1.807, 2.05) is 0 Å². The minimum Gasteiger partial charge on any atom is -0.368 e. The molecule has 3 atom stereocenters. The molecule has 18 heavy (non-hydrogen) atoms. The third-order valence-electron chi connectivity index (χ3n) is 4.43. The fraction of sp³-hybridized carbons (Fsp3) is 0.933. The summed E-state index contributed by atoms with van der Waals surface area (Å²) in [5, 5.41) is 3.25. The third-order valence-corrected chi connectivity index (χ3v) is 4.43. The normalized spacial score (nSPS) is 33.4. The molecule has 104 valence electrons. The van der Waals surface area contributed by atoms with E-state index in [2.05, 4.69) is 26.1 Å². The lowest BCUT2D eigenvalue weighted by molar-refractivity contribution is -0.131. The molecule has 0 aromatic heterocycles. The molecule has 0 aromatic carbocycles. The van der Waals surface area contributed by atoms with Crippen molar-refractivity contribution >= 4 is 5.91 Å². The number of ether oxygens (including phenoxy) is 1. The zero-order valence-corrected chi connectivity index (χ0v) is 12.0. The first kappa shape index (κ1) is 13.9. The maximum absolute atomic E-state index is 12.1. The number of hydrogen-bond donors (Lipinski definition) is 1. The van der Waals surface area contributed by atoms with E-state index >= 15 is 0 Å². The van der Waals surface area contributed by atoms with Crippen LogP contribution in [0.2, 0.25) is 0 Å². The molecule has 2 aliphatic rings. The summed E-state index contributed by atoms with van der Waals surface area (Å²) < 4.78 is 5.47. The van der Waals surface area contributed by atoms with Crippen molar-refractivity contribution in [2.75, 3.05) is 6.61 Å². The van der Waals surface area contributed by atoms with Crippen LogP contribution in [0.15, 0.2) is 0 Å². The van der Waals surface area contributed by atoms with Gasteiger partial charge in [-0.3, -0.25) is 4.79 Å². The predicted molar refractivity (Wildman–Crippen MR) is 72.3 cm³/mol. The first-order valence-corrected chi connectivity index (χ1v) is 7.40. The smallest absolute Gasteiger partial charge is 0.249 e. The average Bonchev–Trinajstić information content (AvgIpc) is 2.81. The fourth-order valence-electron chi connectivity index (χ4n) is 3.40.